The van der Waals surface area contributed by atoms with Gasteiger partial charge in [0.2, 0.25) is 5.91 Å². The average molecular weight is 261 g/mol. The van der Waals surface area contributed by atoms with Crippen molar-refractivity contribution >= 4 is 5.91 Å². The Balaban J connectivity index is 2.34. The summed E-state index contributed by atoms with van der Waals surface area (Å²) < 4.78 is 4.91. The number of carbonyl (C=O) groups is 1. The zero-order chi connectivity index (χ0) is 14.1. The van der Waals surface area contributed by atoms with E-state index >= 15 is 0 Å². The van der Waals surface area contributed by atoms with Gasteiger partial charge in [-0.1, -0.05) is 12.1 Å². The first-order valence-corrected chi connectivity index (χ1v) is 6.18. The molecule has 0 fully saturated rings. The normalized spacial score (nSPS) is 11.6. The molecule has 1 rings (SSSR count). The van der Waals surface area contributed by atoms with Crippen LogP contribution < -0.4 is 11.1 Å². The van der Waals surface area contributed by atoms with Crippen molar-refractivity contribution in [2.45, 2.75) is 25.4 Å². The zero-order valence-electron chi connectivity index (χ0n) is 11.1. The monoisotopic (exact) mass is 261 g/mol. The fourth-order valence-corrected chi connectivity index (χ4v) is 1.60. The van der Waals surface area contributed by atoms with E-state index in [1.165, 1.54) is 0 Å². The van der Waals surface area contributed by atoms with Crippen LogP contribution in [-0.2, 0) is 16.1 Å². The summed E-state index contributed by atoms with van der Waals surface area (Å²) in [5, 5.41) is 11.5. The lowest BCUT2D eigenvalue weighted by Crippen LogP contribution is -2.40. The highest BCUT2D eigenvalue weighted by molar-refractivity contribution is 5.81. The number of nitrogens with one attached hydrogen (secondary N) is 1. The molecule has 0 radical (unpaired) electrons. The van der Waals surface area contributed by atoms with E-state index in [1.54, 1.807) is 19.2 Å². The first kappa shape index (κ1) is 15.2. The minimum absolute atomic E-state index is 0.166. The van der Waals surface area contributed by atoms with Crippen LogP contribution in [0.25, 0.3) is 0 Å². The highest BCUT2D eigenvalue weighted by atomic mass is 16.5. The van der Waals surface area contributed by atoms with Crippen LogP contribution in [0.15, 0.2) is 24.3 Å². The molecule has 5 heteroatoms. The molecule has 5 nitrogen and oxygen atoms in total. The van der Waals surface area contributed by atoms with Gasteiger partial charge in [0, 0.05) is 20.3 Å². The maximum atomic E-state index is 11.7. The third-order valence-electron chi connectivity index (χ3n) is 2.75. The van der Waals surface area contributed by atoms with Crippen molar-refractivity contribution in [3.63, 3.8) is 0 Å². The molecule has 1 amide bonds. The van der Waals surface area contributed by atoms with E-state index in [9.17, 15) is 4.79 Å². The van der Waals surface area contributed by atoms with Crippen LogP contribution in [0.1, 0.15) is 24.0 Å². The SMILES string of the molecule is COCCCC(N)C(=O)NCc1ccc(C#N)cc1. The molecular formula is C14H19N3O2. The van der Waals surface area contributed by atoms with Crippen molar-refractivity contribution in [1.29, 1.82) is 5.26 Å². The summed E-state index contributed by atoms with van der Waals surface area (Å²) >= 11 is 0. The van der Waals surface area contributed by atoms with Crippen LogP contribution in [0.3, 0.4) is 0 Å². The third-order valence-corrected chi connectivity index (χ3v) is 2.75. The minimum Gasteiger partial charge on any atom is -0.385 e. The smallest absolute Gasteiger partial charge is 0.237 e. The molecular weight excluding hydrogens is 242 g/mol. The number of ether oxygens (including phenoxy) is 1. The Kier molecular flexibility index (Phi) is 6.58. The lowest BCUT2D eigenvalue weighted by molar-refractivity contribution is -0.122. The second-order valence-electron chi connectivity index (χ2n) is 4.27. The first-order valence-electron chi connectivity index (χ1n) is 6.18. The Morgan fingerprint density at radius 1 is 1.47 bits per heavy atom. The Bertz CT molecular complexity index is 437. The van der Waals surface area contributed by atoms with E-state index in [0.29, 0.717) is 25.1 Å². The summed E-state index contributed by atoms with van der Waals surface area (Å²) in [6.45, 7) is 1.03. The summed E-state index contributed by atoms with van der Waals surface area (Å²) in [6, 6.07) is 8.61. The van der Waals surface area contributed by atoms with Gasteiger partial charge in [-0.15, -0.1) is 0 Å². The molecule has 0 bridgehead atoms. The summed E-state index contributed by atoms with van der Waals surface area (Å²) in [5.41, 5.74) is 7.30. The topological polar surface area (TPSA) is 88.1 Å². The van der Waals surface area contributed by atoms with Crippen molar-refractivity contribution < 1.29 is 9.53 Å². The van der Waals surface area contributed by atoms with E-state index in [-0.39, 0.29) is 5.91 Å². The molecule has 1 aromatic carbocycles. The number of hydrogen-bond acceptors (Lipinski definition) is 4. The van der Waals surface area contributed by atoms with Crippen molar-refractivity contribution in [3.8, 4) is 6.07 Å². The van der Waals surface area contributed by atoms with E-state index in [0.717, 1.165) is 12.0 Å². The maximum Gasteiger partial charge on any atom is 0.237 e. The van der Waals surface area contributed by atoms with E-state index in [4.69, 9.17) is 15.7 Å². The van der Waals surface area contributed by atoms with Gasteiger partial charge in [0.1, 0.15) is 0 Å². The van der Waals surface area contributed by atoms with Gasteiger partial charge >= 0.3 is 0 Å². The molecule has 0 aliphatic carbocycles. The zero-order valence-corrected chi connectivity index (χ0v) is 11.1. The van der Waals surface area contributed by atoms with Gasteiger partial charge in [0.15, 0.2) is 0 Å². The van der Waals surface area contributed by atoms with Crippen LogP contribution in [0.5, 0.6) is 0 Å². The van der Waals surface area contributed by atoms with Crippen molar-refractivity contribution in [1.82, 2.24) is 5.32 Å². The van der Waals surface area contributed by atoms with Gasteiger partial charge in [0.25, 0.3) is 0 Å². The molecule has 1 aromatic rings. The van der Waals surface area contributed by atoms with Gasteiger partial charge < -0.3 is 15.8 Å². The number of nitriles is 1. The second kappa shape index (κ2) is 8.25. The van der Waals surface area contributed by atoms with Crippen molar-refractivity contribution in [2.75, 3.05) is 13.7 Å². The van der Waals surface area contributed by atoms with Crippen molar-refractivity contribution in [2.24, 2.45) is 5.73 Å². The summed E-state index contributed by atoms with van der Waals surface area (Å²) in [6.07, 6.45) is 1.37. The first-order chi connectivity index (χ1) is 9.17. The van der Waals surface area contributed by atoms with E-state index < -0.39 is 6.04 Å². The number of methoxy groups -OCH3 is 1. The number of nitrogens with zero attached hydrogens (tertiary/aromatic N) is 1. The van der Waals surface area contributed by atoms with Gasteiger partial charge in [-0.05, 0) is 30.5 Å². The summed E-state index contributed by atoms with van der Waals surface area (Å²) in [4.78, 5) is 11.7. The molecule has 0 aliphatic rings. The highest BCUT2D eigenvalue weighted by Crippen LogP contribution is 2.03. The largest absolute Gasteiger partial charge is 0.385 e. The Morgan fingerprint density at radius 3 is 2.74 bits per heavy atom. The summed E-state index contributed by atoms with van der Waals surface area (Å²) in [5.74, 6) is -0.166. The predicted octanol–water partition coefficient (Wildman–Crippen LogP) is 0.928. The Labute approximate surface area is 113 Å². The number of carbonyl (C=O) groups excluding carboxylic acids is 1. The number of hydrogen-bond donors (Lipinski definition) is 2. The van der Waals surface area contributed by atoms with Crippen LogP contribution in [0.4, 0.5) is 0 Å². The molecule has 3 N–H and O–H groups in total. The fraction of sp³-hybridized carbons (Fsp3) is 0.429. The number of benzene rings is 1. The van der Waals surface area contributed by atoms with E-state index in [1.807, 2.05) is 18.2 Å². The van der Waals surface area contributed by atoms with Crippen LogP contribution in [-0.4, -0.2) is 25.7 Å². The number of rotatable bonds is 7. The standard InChI is InChI=1S/C14H19N3O2/c1-19-8-2-3-13(16)14(18)17-10-12-6-4-11(9-15)5-7-12/h4-7,13H,2-3,8,10,16H2,1H3,(H,17,18). The molecule has 0 aliphatic heterocycles. The number of amides is 1. The molecule has 1 unspecified atom stereocenters. The molecule has 0 spiro atoms. The molecule has 0 heterocycles. The van der Waals surface area contributed by atoms with Crippen molar-refractivity contribution in [3.05, 3.63) is 35.4 Å². The molecule has 0 aromatic heterocycles. The lowest BCUT2D eigenvalue weighted by atomic mass is 10.1. The molecule has 1 atom stereocenters. The molecule has 102 valence electrons. The Morgan fingerprint density at radius 2 is 2.16 bits per heavy atom. The van der Waals surface area contributed by atoms with Crippen LogP contribution >= 0.6 is 0 Å². The number of nitrogens with two attached hydrogens (primary N) is 1. The second-order valence-corrected chi connectivity index (χ2v) is 4.27. The molecule has 0 saturated heterocycles. The van der Waals surface area contributed by atoms with Gasteiger partial charge in [0.05, 0.1) is 17.7 Å². The predicted molar refractivity (Wildman–Crippen MR) is 72.1 cm³/mol. The highest BCUT2D eigenvalue weighted by Gasteiger charge is 2.12. The molecule has 0 saturated carbocycles. The average Bonchev–Trinajstić information content (AvgIpc) is 2.45. The summed E-state index contributed by atoms with van der Waals surface area (Å²) in [7, 11) is 1.62. The third kappa shape index (κ3) is 5.51. The quantitative estimate of drug-likeness (QED) is 0.715. The lowest BCUT2D eigenvalue weighted by Gasteiger charge is -2.12. The molecule has 19 heavy (non-hydrogen) atoms. The van der Waals surface area contributed by atoms with Gasteiger partial charge in [-0.25, -0.2) is 0 Å². The van der Waals surface area contributed by atoms with Gasteiger partial charge in [-0.2, -0.15) is 5.26 Å². The van der Waals surface area contributed by atoms with E-state index in [2.05, 4.69) is 5.32 Å². The minimum atomic E-state index is -0.506. The van der Waals surface area contributed by atoms with Gasteiger partial charge in [-0.3, -0.25) is 4.79 Å². The Hall–Kier alpha value is -1.90. The maximum absolute atomic E-state index is 11.7. The van der Waals surface area contributed by atoms with Crippen LogP contribution in [0.2, 0.25) is 0 Å². The fourth-order valence-electron chi connectivity index (χ4n) is 1.60. The van der Waals surface area contributed by atoms with Crippen LogP contribution in [0, 0.1) is 11.3 Å².